The molecule has 0 saturated heterocycles. The number of aryl methyl sites for hydroxylation is 3. The number of fused-ring (bicyclic) bond motifs is 1. The monoisotopic (exact) mass is 356 g/mol. The molecule has 0 radical (unpaired) electrons. The minimum Gasteiger partial charge on any atom is -0.280 e. The van der Waals surface area contributed by atoms with Gasteiger partial charge in [0.1, 0.15) is 16.2 Å². The van der Waals surface area contributed by atoms with Crippen LogP contribution in [0.25, 0.3) is 11.0 Å². The van der Waals surface area contributed by atoms with Gasteiger partial charge in [-0.05, 0) is 12.5 Å². The number of aromatic nitrogens is 4. The van der Waals surface area contributed by atoms with Gasteiger partial charge in [0.25, 0.3) is 5.56 Å². The predicted molar refractivity (Wildman–Crippen MR) is 100 cm³/mol. The third-order valence-corrected chi connectivity index (χ3v) is 5.13. The molecule has 0 spiro atoms. The lowest BCUT2D eigenvalue weighted by Gasteiger charge is -2.11. The maximum absolute atomic E-state index is 12.6. The fraction of sp³-hybridized carbons (Fsp3) is 0.333. The zero-order valence-corrected chi connectivity index (χ0v) is 15.6. The van der Waals surface area contributed by atoms with E-state index in [9.17, 15) is 9.59 Å². The molecule has 0 aliphatic rings. The van der Waals surface area contributed by atoms with E-state index in [4.69, 9.17) is 0 Å². The van der Waals surface area contributed by atoms with Gasteiger partial charge in [-0.1, -0.05) is 36.8 Å². The van der Waals surface area contributed by atoms with Crippen molar-refractivity contribution in [3.8, 4) is 0 Å². The summed E-state index contributed by atoms with van der Waals surface area (Å²) in [6.07, 6.45) is 0.636. The van der Waals surface area contributed by atoms with E-state index in [0.717, 1.165) is 10.1 Å². The SMILES string of the molecule is CCc1nc(SCc2cccc(C)c2)c2c(=O)n(C)c(=O)n(C)c2n1. The molecule has 0 unspecified atom stereocenters. The van der Waals surface area contributed by atoms with Crippen molar-refractivity contribution in [2.45, 2.75) is 31.0 Å². The van der Waals surface area contributed by atoms with Crippen molar-refractivity contribution < 1.29 is 0 Å². The molecule has 0 saturated carbocycles. The Bertz CT molecular complexity index is 1070. The van der Waals surface area contributed by atoms with Gasteiger partial charge in [-0.3, -0.25) is 13.9 Å². The van der Waals surface area contributed by atoms with Crippen LogP contribution in [0.1, 0.15) is 23.9 Å². The van der Waals surface area contributed by atoms with Gasteiger partial charge in [0.15, 0.2) is 5.65 Å². The largest absolute Gasteiger partial charge is 0.332 e. The van der Waals surface area contributed by atoms with Gasteiger partial charge in [0.2, 0.25) is 0 Å². The Hall–Kier alpha value is -2.41. The quantitative estimate of drug-likeness (QED) is 0.529. The minimum atomic E-state index is -0.382. The molecule has 0 amide bonds. The Balaban J connectivity index is 2.16. The van der Waals surface area contributed by atoms with Gasteiger partial charge in [0.05, 0.1) is 0 Å². The van der Waals surface area contributed by atoms with Crippen LogP contribution in [0.4, 0.5) is 0 Å². The van der Waals surface area contributed by atoms with E-state index in [1.165, 1.54) is 28.9 Å². The second-order valence-corrected chi connectivity index (χ2v) is 6.94. The molecule has 2 aromatic heterocycles. The van der Waals surface area contributed by atoms with E-state index in [1.807, 2.05) is 13.0 Å². The van der Waals surface area contributed by atoms with Gasteiger partial charge in [0, 0.05) is 26.3 Å². The lowest BCUT2D eigenvalue weighted by atomic mass is 10.2. The summed E-state index contributed by atoms with van der Waals surface area (Å²) >= 11 is 1.50. The number of hydrogen-bond acceptors (Lipinski definition) is 5. The Morgan fingerprint density at radius 1 is 1.12 bits per heavy atom. The van der Waals surface area contributed by atoms with Crippen LogP contribution < -0.4 is 11.2 Å². The van der Waals surface area contributed by atoms with E-state index in [2.05, 4.69) is 35.1 Å². The van der Waals surface area contributed by atoms with Crippen LogP contribution in [0.3, 0.4) is 0 Å². The fourth-order valence-electron chi connectivity index (χ4n) is 2.69. The summed E-state index contributed by atoms with van der Waals surface area (Å²) in [6.45, 7) is 4.00. The molecule has 6 nitrogen and oxygen atoms in total. The van der Waals surface area contributed by atoms with Crippen molar-refractivity contribution in [3.05, 3.63) is 62.1 Å². The highest BCUT2D eigenvalue weighted by Crippen LogP contribution is 2.26. The van der Waals surface area contributed by atoms with Crippen LogP contribution in [0.15, 0.2) is 38.9 Å². The van der Waals surface area contributed by atoms with Crippen molar-refractivity contribution in [1.82, 2.24) is 19.1 Å². The summed E-state index contributed by atoms with van der Waals surface area (Å²) in [4.78, 5) is 33.8. The van der Waals surface area contributed by atoms with E-state index < -0.39 is 0 Å². The van der Waals surface area contributed by atoms with Crippen molar-refractivity contribution >= 4 is 22.8 Å². The highest BCUT2D eigenvalue weighted by molar-refractivity contribution is 7.98. The molecule has 0 bridgehead atoms. The van der Waals surface area contributed by atoms with E-state index in [-0.39, 0.29) is 11.2 Å². The summed E-state index contributed by atoms with van der Waals surface area (Å²) in [5.41, 5.74) is 2.02. The highest BCUT2D eigenvalue weighted by Gasteiger charge is 2.17. The van der Waals surface area contributed by atoms with Crippen LogP contribution in [0, 0.1) is 6.92 Å². The number of nitrogens with zero attached hydrogens (tertiary/aromatic N) is 4. The molecule has 3 rings (SSSR count). The maximum atomic E-state index is 12.6. The Morgan fingerprint density at radius 3 is 2.56 bits per heavy atom. The molecule has 0 aliphatic carbocycles. The first-order chi connectivity index (χ1) is 11.9. The summed E-state index contributed by atoms with van der Waals surface area (Å²) in [5.74, 6) is 1.32. The Morgan fingerprint density at radius 2 is 1.88 bits per heavy atom. The average molecular weight is 356 g/mol. The van der Waals surface area contributed by atoms with Crippen molar-refractivity contribution in [3.63, 3.8) is 0 Å². The van der Waals surface area contributed by atoms with Crippen LogP contribution in [0.5, 0.6) is 0 Å². The van der Waals surface area contributed by atoms with Gasteiger partial charge in [-0.2, -0.15) is 0 Å². The van der Waals surface area contributed by atoms with Crippen LogP contribution >= 0.6 is 11.8 Å². The molecule has 0 atom stereocenters. The predicted octanol–water partition coefficient (Wildman–Crippen LogP) is 2.19. The third kappa shape index (κ3) is 3.24. The third-order valence-electron chi connectivity index (χ3n) is 4.09. The smallest absolute Gasteiger partial charge is 0.280 e. The van der Waals surface area contributed by atoms with E-state index >= 15 is 0 Å². The van der Waals surface area contributed by atoms with Crippen molar-refractivity contribution in [1.29, 1.82) is 0 Å². The fourth-order valence-corrected chi connectivity index (χ4v) is 3.66. The van der Waals surface area contributed by atoms with Gasteiger partial charge in [-0.15, -0.1) is 11.8 Å². The summed E-state index contributed by atoms with van der Waals surface area (Å²) in [7, 11) is 3.11. The first-order valence-electron chi connectivity index (χ1n) is 8.07. The Kier molecular flexibility index (Phi) is 4.76. The van der Waals surface area contributed by atoms with Crippen molar-refractivity contribution in [2.24, 2.45) is 14.1 Å². The van der Waals surface area contributed by atoms with Gasteiger partial charge >= 0.3 is 5.69 Å². The van der Waals surface area contributed by atoms with E-state index in [1.54, 1.807) is 7.05 Å². The molecule has 0 fully saturated rings. The lowest BCUT2D eigenvalue weighted by Crippen LogP contribution is -2.37. The minimum absolute atomic E-state index is 0.354. The molecule has 3 aromatic rings. The lowest BCUT2D eigenvalue weighted by molar-refractivity contribution is 0.698. The highest BCUT2D eigenvalue weighted by atomic mass is 32.2. The number of rotatable bonds is 4. The van der Waals surface area contributed by atoms with Crippen molar-refractivity contribution in [2.75, 3.05) is 0 Å². The second-order valence-electron chi connectivity index (χ2n) is 5.98. The molecule has 1 aromatic carbocycles. The normalized spacial score (nSPS) is 11.2. The average Bonchev–Trinajstić information content (AvgIpc) is 2.62. The molecular formula is C18H20N4O2S. The summed E-state index contributed by atoms with van der Waals surface area (Å²) < 4.78 is 2.52. The number of thioether (sulfide) groups is 1. The van der Waals surface area contributed by atoms with Gasteiger partial charge < -0.3 is 0 Å². The number of hydrogen-bond donors (Lipinski definition) is 0. The molecule has 2 heterocycles. The standard InChI is InChI=1S/C18H20N4O2S/c1-5-13-19-15-14(17(23)22(4)18(24)21(15)3)16(20-13)25-10-12-8-6-7-11(2)9-12/h6-9H,5,10H2,1-4H3. The van der Waals surface area contributed by atoms with Crippen LogP contribution in [-0.4, -0.2) is 19.1 Å². The summed E-state index contributed by atoms with van der Waals surface area (Å²) in [5, 5.41) is 1.03. The molecule has 7 heteroatoms. The second kappa shape index (κ2) is 6.84. The summed E-state index contributed by atoms with van der Waals surface area (Å²) in [6, 6.07) is 8.24. The molecule has 25 heavy (non-hydrogen) atoms. The zero-order chi connectivity index (χ0) is 18.1. The first-order valence-corrected chi connectivity index (χ1v) is 9.06. The topological polar surface area (TPSA) is 69.8 Å². The molecule has 0 aliphatic heterocycles. The van der Waals surface area contributed by atoms with E-state index in [0.29, 0.717) is 34.1 Å². The van der Waals surface area contributed by atoms with Crippen LogP contribution in [0.2, 0.25) is 0 Å². The zero-order valence-electron chi connectivity index (χ0n) is 14.7. The molecule has 0 N–H and O–H groups in total. The van der Waals surface area contributed by atoms with Crippen LogP contribution in [-0.2, 0) is 26.3 Å². The molecular weight excluding hydrogens is 336 g/mol. The van der Waals surface area contributed by atoms with Gasteiger partial charge in [-0.25, -0.2) is 14.8 Å². The Labute approximate surface area is 149 Å². The number of benzene rings is 1. The first kappa shape index (κ1) is 17.4. The maximum Gasteiger partial charge on any atom is 0.332 e. The molecule has 130 valence electrons.